The molecule has 0 radical (unpaired) electrons. The van der Waals surface area contributed by atoms with E-state index < -0.39 is 5.91 Å². The zero-order valence-corrected chi connectivity index (χ0v) is 19.5. The lowest BCUT2D eigenvalue weighted by molar-refractivity contribution is 0.00678. The van der Waals surface area contributed by atoms with E-state index in [1.807, 2.05) is 6.07 Å². The smallest absolute Gasteiger partial charge is 0.292 e. The summed E-state index contributed by atoms with van der Waals surface area (Å²) in [5.41, 5.74) is 1.45. The normalized spacial score (nSPS) is 16.7. The van der Waals surface area contributed by atoms with Crippen molar-refractivity contribution >= 4 is 34.1 Å². The van der Waals surface area contributed by atoms with E-state index in [4.69, 9.17) is 14.5 Å². The Bertz CT molecular complexity index is 1530. The molecule has 36 heavy (non-hydrogen) atoms. The molecule has 0 bridgehead atoms. The van der Waals surface area contributed by atoms with Crippen LogP contribution < -0.4 is 21.5 Å². The summed E-state index contributed by atoms with van der Waals surface area (Å²) < 4.78 is 12.0. The number of rotatable bonds is 7. The largest absolute Gasteiger partial charge is 0.386 e. The van der Waals surface area contributed by atoms with Crippen LogP contribution in [0.3, 0.4) is 0 Å². The Kier molecular flexibility index (Phi) is 6.05. The van der Waals surface area contributed by atoms with Crippen molar-refractivity contribution in [2.24, 2.45) is 0 Å². The second-order valence-corrected chi connectivity index (χ2v) is 8.18. The van der Waals surface area contributed by atoms with Crippen LogP contribution >= 0.6 is 0 Å². The SMILES string of the molecule is CNc1cc(Nc2cccn(-c3ccc(C#N)cn3)c2=O)nc2c(C(=O)N[C@@H]3CC[C@H]3OC)onc12. The Morgan fingerprint density at radius 2 is 2.11 bits per heavy atom. The number of anilines is 3. The van der Waals surface area contributed by atoms with Crippen LogP contribution in [0.4, 0.5) is 17.2 Å². The highest BCUT2D eigenvalue weighted by Crippen LogP contribution is 2.29. The van der Waals surface area contributed by atoms with Gasteiger partial charge in [0.25, 0.3) is 11.5 Å². The number of nitriles is 1. The van der Waals surface area contributed by atoms with Crippen LogP contribution in [-0.4, -0.2) is 51.9 Å². The van der Waals surface area contributed by atoms with Gasteiger partial charge in [0.2, 0.25) is 5.76 Å². The van der Waals surface area contributed by atoms with Gasteiger partial charge in [0.15, 0.2) is 5.52 Å². The lowest BCUT2D eigenvalue weighted by Gasteiger charge is -2.35. The highest BCUT2D eigenvalue weighted by molar-refractivity contribution is 6.05. The first-order valence-electron chi connectivity index (χ1n) is 11.2. The number of carbonyl (C=O) groups is 1. The number of amides is 1. The fourth-order valence-corrected chi connectivity index (χ4v) is 3.98. The van der Waals surface area contributed by atoms with Gasteiger partial charge in [0.1, 0.15) is 28.9 Å². The number of ether oxygens (including phenoxy) is 1. The van der Waals surface area contributed by atoms with E-state index in [9.17, 15) is 9.59 Å². The maximum Gasteiger partial charge on any atom is 0.292 e. The molecule has 0 saturated heterocycles. The number of nitrogens with one attached hydrogen (secondary N) is 3. The van der Waals surface area contributed by atoms with Gasteiger partial charge in [-0.1, -0.05) is 5.16 Å². The molecule has 1 aliphatic rings. The van der Waals surface area contributed by atoms with Crippen molar-refractivity contribution in [2.45, 2.75) is 25.0 Å². The van der Waals surface area contributed by atoms with Crippen LogP contribution in [0, 0.1) is 11.3 Å². The number of methoxy groups -OCH3 is 1. The number of aromatic nitrogens is 4. The van der Waals surface area contributed by atoms with Gasteiger partial charge in [-0.25, -0.2) is 9.97 Å². The van der Waals surface area contributed by atoms with Crippen LogP contribution in [0.1, 0.15) is 29.0 Å². The summed E-state index contributed by atoms with van der Waals surface area (Å²) in [5, 5.41) is 21.9. The highest BCUT2D eigenvalue weighted by atomic mass is 16.5. The van der Waals surface area contributed by atoms with Gasteiger partial charge in [-0.3, -0.25) is 14.2 Å². The van der Waals surface area contributed by atoms with Gasteiger partial charge in [0.05, 0.1) is 23.4 Å². The second-order valence-electron chi connectivity index (χ2n) is 8.18. The average Bonchev–Trinajstić information content (AvgIpc) is 3.32. The third-order valence-corrected chi connectivity index (χ3v) is 6.08. The molecule has 12 heteroatoms. The second kappa shape index (κ2) is 9.47. The maximum absolute atomic E-state index is 13.1. The van der Waals surface area contributed by atoms with Crippen molar-refractivity contribution in [1.82, 2.24) is 25.0 Å². The summed E-state index contributed by atoms with van der Waals surface area (Å²) in [6.07, 6.45) is 4.63. The summed E-state index contributed by atoms with van der Waals surface area (Å²) in [5.74, 6) is 0.208. The number of hydrogen-bond donors (Lipinski definition) is 3. The molecule has 2 atom stereocenters. The van der Waals surface area contributed by atoms with Crippen molar-refractivity contribution in [3.8, 4) is 11.9 Å². The van der Waals surface area contributed by atoms with Gasteiger partial charge >= 0.3 is 0 Å². The zero-order valence-electron chi connectivity index (χ0n) is 19.5. The Morgan fingerprint density at radius 1 is 1.25 bits per heavy atom. The molecule has 1 saturated carbocycles. The van der Waals surface area contributed by atoms with Crippen LogP contribution in [0.25, 0.3) is 16.9 Å². The molecule has 0 unspecified atom stereocenters. The van der Waals surface area contributed by atoms with Gasteiger partial charge in [-0.15, -0.1) is 0 Å². The molecule has 0 aromatic carbocycles. The van der Waals surface area contributed by atoms with Crippen molar-refractivity contribution in [2.75, 3.05) is 24.8 Å². The molecular weight excluding hydrogens is 464 g/mol. The molecule has 12 nitrogen and oxygen atoms in total. The summed E-state index contributed by atoms with van der Waals surface area (Å²) in [7, 11) is 3.32. The van der Waals surface area contributed by atoms with E-state index in [-0.39, 0.29) is 34.7 Å². The summed E-state index contributed by atoms with van der Waals surface area (Å²) >= 11 is 0. The highest BCUT2D eigenvalue weighted by Gasteiger charge is 2.34. The lowest BCUT2D eigenvalue weighted by Crippen LogP contribution is -2.51. The monoisotopic (exact) mass is 486 g/mol. The predicted octanol–water partition coefficient (Wildman–Crippen LogP) is 2.33. The minimum absolute atomic E-state index is 0.0286. The first-order valence-corrected chi connectivity index (χ1v) is 11.2. The van der Waals surface area contributed by atoms with Crippen LogP contribution in [0.2, 0.25) is 0 Å². The van der Waals surface area contributed by atoms with Crippen molar-refractivity contribution < 1.29 is 14.1 Å². The van der Waals surface area contributed by atoms with Gasteiger partial charge in [-0.05, 0) is 37.1 Å². The van der Waals surface area contributed by atoms with Crippen molar-refractivity contribution in [1.29, 1.82) is 5.26 Å². The van der Waals surface area contributed by atoms with E-state index in [1.54, 1.807) is 50.7 Å². The fraction of sp³-hybridized carbons (Fsp3) is 0.250. The van der Waals surface area contributed by atoms with E-state index >= 15 is 0 Å². The number of pyridine rings is 3. The standard InChI is InChI=1S/C24H22N8O4/c1-26-16-10-18(28-15-4-3-9-32(24(15)34)19-8-5-13(11-25)12-27-19)30-21-20(16)31-36-22(21)23(33)29-14-6-7-17(14)35-2/h3-5,8-10,12,14,17,26H,6-7H2,1-2H3,(H,28,30)(H,29,33)/t14-,17-/m1/s1. The summed E-state index contributed by atoms with van der Waals surface area (Å²) in [4.78, 5) is 34.7. The maximum atomic E-state index is 13.1. The average molecular weight is 486 g/mol. The van der Waals surface area contributed by atoms with E-state index in [0.29, 0.717) is 28.4 Å². The Balaban J connectivity index is 1.47. The third-order valence-electron chi connectivity index (χ3n) is 6.08. The number of carbonyl (C=O) groups excluding carboxylic acids is 1. The molecular formula is C24H22N8O4. The molecule has 0 aliphatic heterocycles. The van der Waals surface area contributed by atoms with E-state index in [0.717, 1.165) is 12.8 Å². The molecule has 4 heterocycles. The van der Waals surface area contributed by atoms with Crippen LogP contribution in [0.5, 0.6) is 0 Å². The molecule has 1 aliphatic carbocycles. The zero-order chi connectivity index (χ0) is 25.2. The van der Waals surface area contributed by atoms with Crippen molar-refractivity contribution in [3.05, 3.63) is 64.4 Å². The van der Waals surface area contributed by atoms with Gasteiger partial charge in [-0.2, -0.15) is 5.26 Å². The Labute approximate surface area is 204 Å². The number of nitrogens with zero attached hydrogens (tertiary/aromatic N) is 5. The topological polar surface area (TPSA) is 160 Å². The summed E-state index contributed by atoms with van der Waals surface area (Å²) in [6, 6.07) is 10.0. The minimum atomic E-state index is -0.440. The molecule has 1 amide bonds. The van der Waals surface area contributed by atoms with Gasteiger partial charge < -0.3 is 25.2 Å². The third kappa shape index (κ3) is 4.12. The first kappa shape index (κ1) is 23.0. The van der Waals surface area contributed by atoms with E-state index in [2.05, 4.69) is 31.1 Å². The summed E-state index contributed by atoms with van der Waals surface area (Å²) in [6.45, 7) is 0. The molecule has 182 valence electrons. The molecule has 4 aromatic rings. The molecule has 4 aromatic heterocycles. The van der Waals surface area contributed by atoms with E-state index in [1.165, 1.54) is 10.8 Å². The van der Waals surface area contributed by atoms with Crippen LogP contribution in [-0.2, 0) is 4.74 Å². The minimum Gasteiger partial charge on any atom is -0.386 e. The molecule has 0 spiro atoms. The van der Waals surface area contributed by atoms with Crippen LogP contribution in [0.15, 0.2) is 52.0 Å². The fourth-order valence-electron chi connectivity index (χ4n) is 3.98. The number of fused-ring (bicyclic) bond motifs is 1. The van der Waals surface area contributed by atoms with Crippen molar-refractivity contribution in [3.63, 3.8) is 0 Å². The quantitative estimate of drug-likeness (QED) is 0.354. The van der Waals surface area contributed by atoms with Gasteiger partial charge in [0, 0.05) is 32.6 Å². The molecule has 3 N–H and O–H groups in total. The first-order chi connectivity index (χ1) is 17.5. The number of hydrogen-bond acceptors (Lipinski definition) is 10. The molecule has 1 fully saturated rings. The predicted molar refractivity (Wildman–Crippen MR) is 130 cm³/mol. The Hall–Kier alpha value is -4.76. The molecule has 5 rings (SSSR count). The Morgan fingerprint density at radius 3 is 2.78 bits per heavy atom. The lowest BCUT2D eigenvalue weighted by atomic mass is 9.89.